The lowest BCUT2D eigenvalue weighted by molar-refractivity contribution is 0.669. The molecule has 0 aliphatic rings. The van der Waals surface area contributed by atoms with Crippen molar-refractivity contribution >= 4 is 119 Å². The highest BCUT2D eigenvalue weighted by Gasteiger charge is 2.23. The highest BCUT2D eigenvalue weighted by Crippen LogP contribution is 2.50. The molecule has 0 fully saturated rings. The molecule has 2 heteroatoms. The molecule has 0 radical (unpaired) electrons. The first-order valence-corrected chi connectivity index (χ1v) is 31.0. The lowest BCUT2D eigenvalue weighted by Gasteiger charge is -2.20. The second-order valence-corrected chi connectivity index (χ2v) is 24.2. The van der Waals surface area contributed by atoms with Crippen LogP contribution in [0.15, 0.2) is 324 Å². The Hall–Kier alpha value is -11.8. The lowest BCUT2D eigenvalue weighted by Crippen LogP contribution is -1.93. The summed E-state index contributed by atoms with van der Waals surface area (Å²) in [4.78, 5) is 0. The summed E-state index contributed by atoms with van der Waals surface area (Å²) in [7, 11) is 0. The summed E-state index contributed by atoms with van der Waals surface area (Å²) in [6, 6.07) is 116. The van der Waals surface area contributed by atoms with Crippen LogP contribution in [0.4, 0.5) is 0 Å². The molecule has 2 heterocycles. The molecule has 416 valence electrons. The van der Waals surface area contributed by atoms with Gasteiger partial charge in [0.25, 0.3) is 0 Å². The molecular weight excluding hydrogens is 1090 g/mol. The van der Waals surface area contributed by atoms with Gasteiger partial charge in [0.2, 0.25) is 0 Å². The van der Waals surface area contributed by atoms with Crippen molar-refractivity contribution < 1.29 is 8.83 Å². The molecule has 0 amide bonds. The summed E-state index contributed by atoms with van der Waals surface area (Å²) in [6.45, 7) is 0. The van der Waals surface area contributed by atoms with E-state index in [9.17, 15) is 0 Å². The Labute approximate surface area is 518 Å². The number of fused-ring (bicyclic) bond motifs is 13. The van der Waals surface area contributed by atoms with Crippen molar-refractivity contribution in [2.24, 2.45) is 0 Å². The fourth-order valence-corrected chi connectivity index (χ4v) is 15.0. The van der Waals surface area contributed by atoms with Crippen molar-refractivity contribution in [3.8, 4) is 77.9 Å². The van der Waals surface area contributed by atoms with E-state index < -0.39 is 0 Å². The quantitative estimate of drug-likeness (QED) is 0.149. The minimum atomic E-state index is 0.873. The molecular formula is C88H52O2. The number of furan rings is 2. The third-order valence-electron chi connectivity index (χ3n) is 19.2. The summed E-state index contributed by atoms with van der Waals surface area (Å²) in [6.07, 6.45) is 0. The first-order chi connectivity index (χ1) is 44.6. The molecule has 0 atom stereocenters. The zero-order valence-corrected chi connectivity index (χ0v) is 48.8. The third kappa shape index (κ3) is 7.91. The summed E-state index contributed by atoms with van der Waals surface area (Å²) >= 11 is 0. The van der Waals surface area contributed by atoms with Crippen LogP contribution in [0.2, 0.25) is 0 Å². The average Bonchev–Trinajstić information content (AvgIpc) is 1.04. The van der Waals surface area contributed by atoms with E-state index in [4.69, 9.17) is 8.83 Å². The molecule has 0 unspecified atom stereocenters. The Morgan fingerprint density at radius 2 is 0.478 bits per heavy atom. The lowest BCUT2D eigenvalue weighted by atomic mass is 9.83. The van der Waals surface area contributed by atoms with Gasteiger partial charge in [0, 0.05) is 21.5 Å². The largest absolute Gasteiger partial charge is 0.456 e. The smallest absolute Gasteiger partial charge is 0.136 e. The average molecular weight is 1140 g/mol. The molecule has 0 spiro atoms. The zero-order valence-electron chi connectivity index (χ0n) is 48.8. The second kappa shape index (κ2) is 19.8. The predicted octanol–water partition coefficient (Wildman–Crippen LogP) is 25.2. The van der Waals surface area contributed by atoms with E-state index in [0.717, 1.165) is 77.3 Å². The van der Waals surface area contributed by atoms with Crippen LogP contribution in [0.1, 0.15) is 0 Å². The van der Waals surface area contributed by atoms with Gasteiger partial charge in [0.05, 0.1) is 0 Å². The molecule has 19 aromatic rings. The van der Waals surface area contributed by atoms with Gasteiger partial charge in [-0.15, -0.1) is 0 Å². The van der Waals surface area contributed by atoms with E-state index in [-0.39, 0.29) is 0 Å². The normalized spacial score (nSPS) is 12.0. The SMILES string of the molecule is c1ccc(-c2ccc(-c3c4ccccc4c(-c4ccc5c(c4)oc4cc6ccccc6cc45)c4ccc(-c5ccc6c(-c7ccc8c(c7)oc7cc9ccccc9cc78)c7ccccc7c(-c7cccc(-c8cccc9ccccc89)c7)c6c5)cc34)cc2)cc1. The van der Waals surface area contributed by atoms with Gasteiger partial charge in [-0.1, -0.05) is 249 Å². The Morgan fingerprint density at radius 3 is 1.02 bits per heavy atom. The van der Waals surface area contributed by atoms with Crippen LogP contribution < -0.4 is 0 Å². The van der Waals surface area contributed by atoms with Crippen molar-refractivity contribution in [2.45, 2.75) is 0 Å². The van der Waals surface area contributed by atoms with Gasteiger partial charge in [-0.25, -0.2) is 0 Å². The minimum absolute atomic E-state index is 0.873. The van der Waals surface area contributed by atoms with E-state index in [1.54, 1.807) is 0 Å². The summed E-state index contributed by atoms with van der Waals surface area (Å²) in [5.41, 5.74) is 19.9. The molecule has 2 aromatic heterocycles. The number of benzene rings is 17. The van der Waals surface area contributed by atoms with Crippen LogP contribution in [0.5, 0.6) is 0 Å². The zero-order chi connectivity index (χ0) is 59.0. The molecule has 0 aliphatic carbocycles. The first kappa shape index (κ1) is 50.3. The molecule has 90 heavy (non-hydrogen) atoms. The summed E-state index contributed by atoms with van der Waals surface area (Å²) < 4.78 is 13.6. The van der Waals surface area contributed by atoms with Gasteiger partial charge < -0.3 is 8.83 Å². The molecule has 17 aromatic carbocycles. The van der Waals surface area contributed by atoms with Gasteiger partial charge in [0.15, 0.2) is 0 Å². The van der Waals surface area contributed by atoms with Crippen molar-refractivity contribution in [1.29, 1.82) is 0 Å². The van der Waals surface area contributed by atoms with Crippen molar-refractivity contribution in [1.82, 2.24) is 0 Å². The third-order valence-corrected chi connectivity index (χ3v) is 19.2. The monoisotopic (exact) mass is 1140 g/mol. The molecule has 2 nitrogen and oxygen atoms in total. The maximum atomic E-state index is 6.81. The van der Waals surface area contributed by atoms with Crippen LogP contribution in [-0.2, 0) is 0 Å². The van der Waals surface area contributed by atoms with Crippen LogP contribution in [0.25, 0.3) is 197 Å². The van der Waals surface area contributed by atoms with Crippen molar-refractivity contribution in [3.63, 3.8) is 0 Å². The maximum absolute atomic E-state index is 6.81. The molecule has 19 rings (SSSR count). The standard InChI is InChI=1S/C88H52O2/c1-2-16-53(17-3-1)54-32-34-56(35-33-54)85-71-27-10-11-28-72(71)86(65-38-40-69-77-45-57-19-4-6-21-59(57)49-83(77)89-81(69)51-65)75-42-36-61(47-79(75)85)62-37-43-76-80(48-62)88(64-25-14-24-63(44-64)68-31-15-23-55-18-8-9-26-67(55)68)74-30-13-12-29-73(74)87(76)66-39-41-70-78-46-58-20-5-7-22-60(58)50-84(78)90-82(70)52-66/h1-52H. The van der Waals surface area contributed by atoms with Crippen LogP contribution in [0, 0.1) is 0 Å². The molecule has 0 bridgehead atoms. The first-order valence-electron chi connectivity index (χ1n) is 31.0. The van der Waals surface area contributed by atoms with Gasteiger partial charge >= 0.3 is 0 Å². The minimum Gasteiger partial charge on any atom is -0.456 e. The second-order valence-electron chi connectivity index (χ2n) is 24.2. The highest BCUT2D eigenvalue weighted by molar-refractivity contribution is 6.25. The Balaban J connectivity index is 0.856. The topological polar surface area (TPSA) is 26.3 Å². The van der Waals surface area contributed by atoms with Crippen LogP contribution in [-0.4, -0.2) is 0 Å². The van der Waals surface area contributed by atoms with Gasteiger partial charge in [0.1, 0.15) is 22.3 Å². The van der Waals surface area contributed by atoms with Gasteiger partial charge in [-0.05, 0) is 220 Å². The molecule has 0 saturated heterocycles. The number of hydrogen-bond donors (Lipinski definition) is 0. The summed E-state index contributed by atoms with van der Waals surface area (Å²) in [5, 5.41) is 21.1. The summed E-state index contributed by atoms with van der Waals surface area (Å²) in [5.74, 6) is 0. The fourth-order valence-electron chi connectivity index (χ4n) is 15.0. The molecule has 0 aliphatic heterocycles. The van der Waals surface area contributed by atoms with Crippen LogP contribution >= 0.6 is 0 Å². The van der Waals surface area contributed by atoms with E-state index in [2.05, 4.69) is 315 Å². The fraction of sp³-hybridized carbons (Fsp3) is 0. The highest BCUT2D eigenvalue weighted by atomic mass is 16.3. The van der Waals surface area contributed by atoms with Gasteiger partial charge in [-0.3, -0.25) is 0 Å². The maximum Gasteiger partial charge on any atom is 0.136 e. The van der Waals surface area contributed by atoms with Gasteiger partial charge in [-0.2, -0.15) is 0 Å². The van der Waals surface area contributed by atoms with Crippen LogP contribution in [0.3, 0.4) is 0 Å². The predicted molar refractivity (Wildman–Crippen MR) is 382 cm³/mol. The Morgan fingerprint density at radius 1 is 0.144 bits per heavy atom. The number of rotatable bonds is 7. The van der Waals surface area contributed by atoms with E-state index in [1.807, 2.05) is 0 Å². The van der Waals surface area contributed by atoms with E-state index in [0.29, 0.717) is 0 Å². The van der Waals surface area contributed by atoms with Crippen molar-refractivity contribution in [3.05, 3.63) is 315 Å². The Bertz CT molecular complexity index is 6190. The molecule has 0 N–H and O–H groups in total. The Kier molecular flexibility index (Phi) is 11.1. The molecule has 0 saturated carbocycles. The van der Waals surface area contributed by atoms with E-state index in [1.165, 1.54) is 120 Å². The van der Waals surface area contributed by atoms with Crippen molar-refractivity contribution in [2.75, 3.05) is 0 Å². The van der Waals surface area contributed by atoms with E-state index >= 15 is 0 Å². The number of hydrogen-bond acceptors (Lipinski definition) is 2.